The smallest absolute Gasteiger partial charge is 0.302 e. The Morgan fingerprint density at radius 1 is 1.14 bits per heavy atom. The van der Waals surface area contributed by atoms with Crippen LogP contribution in [0.3, 0.4) is 0 Å². The first-order chi connectivity index (χ1) is 10.0. The summed E-state index contributed by atoms with van der Waals surface area (Å²) >= 11 is 0. The van der Waals surface area contributed by atoms with Gasteiger partial charge in [0.15, 0.2) is 0 Å². The lowest BCUT2D eigenvalue weighted by Gasteiger charge is -2.33. The maximum Gasteiger partial charge on any atom is 0.302 e. The topological polar surface area (TPSA) is 35.5 Å². The van der Waals surface area contributed by atoms with Crippen molar-refractivity contribution in [3.8, 4) is 5.75 Å². The van der Waals surface area contributed by atoms with Gasteiger partial charge in [0.05, 0.1) is 13.7 Å². The molecule has 0 radical (unpaired) electrons. The zero-order valence-corrected chi connectivity index (χ0v) is 13.3. The van der Waals surface area contributed by atoms with Crippen molar-refractivity contribution in [2.45, 2.75) is 39.5 Å². The van der Waals surface area contributed by atoms with E-state index in [2.05, 4.69) is 26.0 Å². The molecule has 0 heterocycles. The van der Waals surface area contributed by atoms with Crippen LogP contribution < -0.4 is 4.74 Å². The van der Waals surface area contributed by atoms with E-state index in [4.69, 9.17) is 9.47 Å². The SMILES string of the molecule is COc1ccc([C@H]2CC(C)=C(C)C[C@@H]2COC(C)=O)cc1. The van der Waals surface area contributed by atoms with Gasteiger partial charge in [-0.2, -0.15) is 0 Å². The van der Waals surface area contributed by atoms with Crippen LogP contribution in [0.15, 0.2) is 35.4 Å². The number of esters is 1. The highest BCUT2D eigenvalue weighted by Crippen LogP contribution is 2.41. The highest BCUT2D eigenvalue weighted by atomic mass is 16.5. The summed E-state index contributed by atoms with van der Waals surface area (Å²) < 4.78 is 10.5. The quantitative estimate of drug-likeness (QED) is 0.618. The van der Waals surface area contributed by atoms with Crippen LogP contribution in [0.25, 0.3) is 0 Å². The van der Waals surface area contributed by atoms with Crippen LogP contribution in [0.5, 0.6) is 5.75 Å². The predicted octanol–water partition coefficient (Wildman–Crippen LogP) is 4.09. The minimum atomic E-state index is -0.201. The molecule has 0 aromatic heterocycles. The van der Waals surface area contributed by atoms with Crippen molar-refractivity contribution in [1.29, 1.82) is 0 Å². The molecule has 3 heteroatoms. The summed E-state index contributed by atoms with van der Waals surface area (Å²) in [6.07, 6.45) is 2.03. The lowest BCUT2D eigenvalue weighted by Crippen LogP contribution is -2.24. The Hall–Kier alpha value is -1.77. The van der Waals surface area contributed by atoms with Crippen molar-refractivity contribution in [2.24, 2.45) is 5.92 Å². The number of allylic oxidation sites excluding steroid dienone is 2. The Labute approximate surface area is 127 Å². The molecule has 2 rings (SSSR count). The van der Waals surface area contributed by atoms with Gasteiger partial charge >= 0.3 is 5.97 Å². The number of benzene rings is 1. The molecule has 114 valence electrons. The molecule has 0 bridgehead atoms. The van der Waals surface area contributed by atoms with Crippen LogP contribution in [0.1, 0.15) is 45.1 Å². The van der Waals surface area contributed by atoms with E-state index in [-0.39, 0.29) is 5.97 Å². The molecule has 1 aliphatic rings. The molecule has 3 nitrogen and oxygen atoms in total. The molecule has 0 aliphatic heterocycles. The second-order valence-electron chi connectivity index (χ2n) is 5.91. The summed E-state index contributed by atoms with van der Waals surface area (Å²) in [5.74, 6) is 1.42. The van der Waals surface area contributed by atoms with Crippen LogP contribution >= 0.6 is 0 Å². The molecule has 1 aromatic rings. The third kappa shape index (κ3) is 3.87. The largest absolute Gasteiger partial charge is 0.497 e. The summed E-state index contributed by atoms with van der Waals surface area (Å²) in [6, 6.07) is 8.24. The van der Waals surface area contributed by atoms with Gasteiger partial charge < -0.3 is 9.47 Å². The van der Waals surface area contributed by atoms with Gasteiger partial charge in [-0.1, -0.05) is 23.3 Å². The van der Waals surface area contributed by atoms with Gasteiger partial charge in [-0.3, -0.25) is 4.79 Å². The number of ether oxygens (including phenoxy) is 2. The number of methoxy groups -OCH3 is 1. The zero-order valence-electron chi connectivity index (χ0n) is 13.3. The average molecular weight is 288 g/mol. The molecule has 0 N–H and O–H groups in total. The van der Waals surface area contributed by atoms with E-state index in [0.717, 1.165) is 18.6 Å². The van der Waals surface area contributed by atoms with Crippen molar-refractivity contribution >= 4 is 5.97 Å². The van der Waals surface area contributed by atoms with Gasteiger partial charge in [0, 0.05) is 12.8 Å². The molecule has 0 saturated carbocycles. The van der Waals surface area contributed by atoms with E-state index in [0.29, 0.717) is 18.4 Å². The second-order valence-corrected chi connectivity index (χ2v) is 5.91. The standard InChI is InChI=1S/C18H24O3/c1-12-9-16(11-21-14(3)19)18(10-13(12)2)15-5-7-17(20-4)8-6-15/h5-8,16,18H,9-11H2,1-4H3/t16-,18-/m1/s1. The maximum atomic E-state index is 11.1. The molecule has 21 heavy (non-hydrogen) atoms. The van der Waals surface area contributed by atoms with E-state index in [1.165, 1.54) is 23.6 Å². The van der Waals surface area contributed by atoms with Crippen molar-refractivity contribution in [2.75, 3.05) is 13.7 Å². The number of hydrogen-bond acceptors (Lipinski definition) is 3. The molecule has 2 atom stereocenters. The number of carbonyl (C=O) groups excluding carboxylic acids is 1. The Balaban J connectivity index is 2.21. The summed E-state index contributed by atoms with van der Waals surface area (Å²) in [5.41, 5.74) is 4.17. The van der Waals surface area contributed by atoms with Crippen molar-refractivity contribution < 1.29 is 14.3 Å². The van der Waals surface area contributed by atoms with Crippen molar-refractivity contribution in [3.05, 3.63) is 41.0 Å². The normalized spacial score (nSPS) is 22.1. The predicted molar refractivity (Wildman–Crippen MR) is 83.5 cm³/mol. The molecule has 0 spiro atoms. The first kappa shape index (κ1) is 15.6. The third-order valence-electron chi connectivity index (χ3n) is 4.44. The highest BCUT2D eigenvalue weighted by Gasteiger charge is 2.29. The average Bonchev–Trinajstić information content (AvgIpc) is 2.48. The first-order valence-electron chi connectivity index (χ1n) is 7.43. The molecular formula is C18H24O3. The van der Waals surface area contributed by atoms with E-state index < -0.39 is 0 Å². The second kappa shape index (κ2) is 6.79. The third-order valence-corrected chi connectivity index (χ3v) is 4.44. The van der Waals surface area contributed by atoms with E-state index in [1.54, 1.807) is 7.11 Å². The summed E-state index contributed by atoms with van der Waals surface area (Å²) in [7, 11) is 1.68. The van der Waals surface area contributed by atoms with E-state index in [9.17, 15) is 4.79 Å². The van der Waals surface area contributed by atoms with Crippen molar-refractivity contribution in [1.82, 2.24) is 0 Å². The Bertz CT molecular complexity index is 528. The molecular weight excluding hydrogens is 264 g/mol. The van der Waals surface area contributed by atoms with Gasteiger partial charge in [0.25, 0.3) is 0 Å². The fourth-order valence-electron chi connectivity index (χ4n) is 3.02. The van der Waals surface area contributed by atoms with Gasteiger partial charge in [0.2, 0.25) is 0 Å². The molecule has 0 unspecified atom stereocenters. The number of carbonyl (C=O) groups is 1. The molecule has 1 aromatic carbocycles. The van der Waals surface area contributed by atoms with Gasteiger partial charge in [-0.05, 0) is 50.3 Å². The molecule has 1 aliphatic carbocycles. The van der Waals surface area contributed by atoms with Crippen LogP contribution in [0.4, 0.5) is 0 Å². The van der Waals surface area contributed by atoms with Gasteiger partial charge in [0.1, 0.15) is 5.75 Å². The summed E-state index contributed by atoms with van der Waals surface area (Å²) in [5, 5.41) is 0. The maximum absolute atomic E-state index is 11.1. The minimum Gasteiger partial charge on any atom is -0.497 e. The minimum absolute atomic E-state index is 0.201. The lowest BCUT2D eigenvalue weighted by atomic mass is 9.73. The first-order valence-corrected chi connectivity index (χ1v) is 7.43. The van der Waals surface area contributed by atoms with Crippen LogP contribution in [-0.2, 0) is 9.53 Å². The Morgan fingerprint density at radius 2 is 1.76 bits per heavy atom. The fraction of sp³-hybridized carbons (Fsp3) is 0.500. The van der Waals surface area contributed by atoms with E-state index in [1.807, 2.05) is 12.1 Å². The lowest BCUT2D eigenvalue weighted by molar-refractivity contribution is -0.142. The monoisotopic (exact) mass is 288 g/mol. The highest BCUT2D eigenvalue weighted by molar-refractivity contribution is 5.65. The van der Waals surface area contributed by atoms with Gasteiger partial charge in [-0.25, -0.2) is 0 Å². The molecule has 0 saturated heterocycles. The molecule has 0 amide bonds. The van der Waals surface area contributed by atoms with Crippen molar-refractivity contribution in [3.63, 3.8) is 0 Å². The summed E-state index contributed by atoms with van der Waals surface area (Å²) in [6.45, 7) is 6.35. The number of hydrogen-bond donors (Lipinski definition) is 0. The van der Waals surface area contributed by atoms with Crippen LogP contribution in [-0.4, -0.2) is 19.7 Å². The zero-order chi connectivity index (χ0) is 15.4. The molecule has 0 fully saturated rings. The van der Waals surface area contributed by atoms with Gasteiger partial charge in [-0.15, -0.1) is 0 Å². The van der Waals surface area contributed by atoms with Crippen LogP contribution in [0, 0.1) is 5.92 Å². The fourth-order valence-corrected chi connectivity index (χ4v) is 3.02. The summed E-state index contributed by atoms with van der Waals surface area (Å²) in [4.78, 5) is 11.1. The van der Waals surface area contributed by atoms with E-state index >= 15 is 0 Å². The Kier molecular flexibility index (Phi) is 5.05. The number of rotatable bonds is 4. The van der Waals surface area contributed by atoms with Crippen LogP contribution in [0.2, 0.25) is 0 Å². The Morgan fingerprint density at radius 3 is 2.33 bits per heavy atom.